The molecule has 3 aromatic carbocycles. The monoisotopic (exact) mass is 563 g/mol. The molecule has 0 aliphatic heterocycles. The first kappa shape index (κ1) is 29.4. The van der Waals surface area contributed by atoms with Gasteiger partial charge >= 0.3 is 12.2 Å². The number of halogens is 3. The topological polar surface area (TPSA) is 79.3 Å². The van der Waals surface area contributed by atoms with Crippen LogP contribution in [0.1, 0.15) is 43.2 Å². The van der Waals surface area contributed by atoms with Crippen molar-refractivity contribution in [3.05, 3.63) is 107 Å². The standard InChI is InChI=1S/C31H32F3N5O2/c1-21-10-16-25(17-11-21)39-27(18-26(37-39)30(2,3)4)36-28(40)20-38(19-22-8-6-5-7-9-22)29(41)35-24-14-12-23(13-15-24)31(32,33)34/h5-18H,19-20H2,1-4H3,(H,35,41)(H,36,40). The van der Waals surface area contributed by atoms with Crippen LogP contribution in [0.2, 0.25) is 0 Å². The Morgan fingerprint density at radius 3 is 2.10 bits per heavy atom. The Bertz CT molecular complexity index is 1490. The van der Waals surface area contributed by atoms with Crippen LogP contribution in [-0.2, 0) is 22.9 Å². The number of urea groups is 1. The highest BCUT2D eigenvalue weighted by atomic mass is 19.4. The molecule has 0 unspecified atom stereocenters. The van der Waals surface area contributed by atoms with E-state index in [4.69, 9.17) is 5.10 Å². The van der Waals surface area contributed by atoms with Crippen molar-refractivity contribution in [2.45, 2.75) is 45.8 Å². The molecule has 0 aliphatic rings. The maximum Gasteiger partial charge on any atom is 0.416 e. The first-order chi connectivity index (χ1) is 19.3. The zero-order chi connectivity index (χ0) is 29.8. The summed E-state index contributed by atoms with van der Waals surface area (Å²) >= 11 is 0. The Kier molecular flexibility index (Phi) is 8.51. The predicted octanol–water partition coefficient (Wildman–Crippen LogP) is 7.17. The number of amides is 3. The number of carbonyl (C=O) groups excluding carboxylic acids is 2. The van der Waals surface area contributed by atoms with Gasteiger partial charge in [-0.25, -0.2) is 9.48 Å². The van der Waals surface area contributed by atoms with E-state index in [1.165, 1.54) is 17.0 Å². The van der Waals surface area contributed by atoms with E-state index >= 15 is 0 Å². The van der Waals surface area contributed by atoms with Gasteiger partial charge in [0.25, 0.3) is 0 Å². The van der Waals surface area contributed by atoms with Gasteiger partial charge < -0.3 is 15.5 Å². The Balaban J connectivity index is 1.56. The molecule has 0 atom stereocenters. The molecule has 0 radical (unpaired) electrons. The molecule has 214 valence electrons. The van der Waals surface area contributed by atoms with Crippen LogP contribution >= 0.6 is 0 Å². The summed E-state index contributed by atoms with van der Waals surface area (Å²) in [4.78, 5) is 27.9. The first-order valence-electron chi connectivity index (χ1n) is 13.0. The number of hydrogen-bond acceptors (Lipinski definition) is 3. The van der Waals surface area contributed by atoms with Crippen LogP contribution < -0.4 is 10.6 Å². The zero-order valence-corrected chi connectivity index (χ0v) is 23.3. The van der Waals surface area contributed by atoms with Crippen molar-refractivity contribution in [1.29, 1.82) is 0 Å². The Hall–Kier alpha value is -4.60. The zero-order valence-electron chi connectivity index (χ0n) is 23.3. The molecule has 4 rings (SSSR count). The third-order valence-corrected chi connectivity index (χ3v) is 6.33. The smallest absolute Gasteiger partial charge is 0.311 e. The van der Waals surface area contributed by atoms with E-state index in [2.05, 4.69) is 10.6 Å². The molecule has 2 N–H and O–H groups in total. The molecule has 3 amide bonds. The van der Waals surface area contributed by atoms with E-state index in [0.29, 0.717) is 5.82 Å². The second-order valence-corrected chi connectivity index (χ2v) is 10.8. The highest BCUT2D eigenvalue weighted by Crippen LogP contribution is 2.30. The van der Waals surface area contributed by atoms with Crippen molar-refractivity contribution in [2.75, 3.05) is 17.2 Å². The summed E-state index contributed by atoms with van der Waals surface area (Å²) in [6, 6.07) is 22.1. The molecule has 7 nitrogen and oxygen atoms in total. The van der Waals surface area contributed by atoms with Gasteiger partial charge in [-0.15, -0.1) is 0 Å². The highest BCUT2D eigenvalue weighted by molar-refractivity contribution is 5.96. The van der Waals surface area contributed by atoms with Gasteiger partial charge in [0.05, 0.1) is 16.9 Å². The lowest BCUT2D eigenvalue weighted by molar-refractivity contribution is -0.137. The van der Waals surface area contributed by atoms with E-state index in [-0.39, 0.29) is 24.2 Å². The van der Waals surface area contributed by atoms with Crippen molar-refractivity contribution in [3.8, 4) is 5.69 Å². The number of aryl methyl sites for hydroxylation is 1. The lowest BCUT2D eigenvalue weighted by Crippen LogP contribution is -2.40. The minimum Gasteiger partial charge on any atom is -0.311 e. The van der Waals surface area contributed by atoms with Crippen molar-refractivity contribution >= 4 is 23.4 Å². The Morgan fingerprint density at radius 2 is 1.51 bits per heavy atom. The molecule has 1 aromatic heterocycles. The molecule has 0 saturated heterocycles. The number of hydrogen-bond donors (Lipinski definition) is 2. The maximum absolute atomic E-state index is 13.3. The lowest BCUT2D eigenvalue weighted by Gasteiger charge is -2.23. The van der Waals surface area contributed by atoms with E-state index in [1.807, 2.05) is 88.4 Å². The Labute approximate surface area is 237 Å². The molecular weight excluding hydrogens is 531 g/mol. The third-order valence-electron chi connectivity index (χ3n) is 6.33. The number of nitrogens with one attached hydrogen (secondary N) is 2. The van der Waals surface area contributed by atoms with Gasteiger partial charge in [0.15, 0.2) is 0 Å². The van der Waals surface area contributed by atoms with Gasteiger partial charge in [0.2, 0.25) is 5.91 Å². The molecule has 0 bridgehead atoms. The van der Waals surface area contributed by atoms with Gasteiger partial charge in [-0.05, 0) is 48.9 Å². The SMILES string of the molecule is Cc1ccc(-n2nc(C(C)(C)C)cc2NC(=O)CN(Cc2ccccc2)C(=O)Nc2ccc(C(F)(F)F)cc2)cc1. The fourth-order valence-corrected chi connectivity index (χ4v) is 4.02. The van der Waals surface area contributed by atoms with E-state index in [1.54, 1.807) is 4.68 Å². The summed E-state index contributed by atoms with van der Waals surface area (Å²) in [5, 5.41) is 10.2. The second-order valence-electron chi connectivity index (χ2n) is 10.8. The molecular formula is C31H32F3N5O2. The summed E-state index contributed by atoms with van der Waals surface area (Å²) in [6.07, 6.45) is -4.49. The van der Waals surface area contributed by atoms with Crippen LogP contribution in [0.25, 0.3) is 5.69 Å². The number of carbonyl (C=O) groups is 2. The number of alkyl halides is 3. The van der Waals surface area contributed by atoms with Crippen LogP contribution in [0.5, 0.6) is 0 Å². The number of aromatic nitrogens is 2. The van der Waals surface area contributed by atoms with Crippen molar-refractivity contribution in [1.82, 2.24) is 14.7 Å². The normalized spacial score (nSPS) is 11.7. The molecule has 0 fully saturated rings. The van der Waals surface area contributed by atoms with Crippen molar-refractivity contribution in [2.24, 2.45) is 0 Å². The van der Waals surface area contributed by atoms with E-state index < -0.39 is 23.7 Å². The van der Waals surface area contributed by atoms with Crippen molar-refractivity contribution < 1.29 is 22.8 Å². The quantitative estimate of drug-likeness (QED) is 0.250. The minimum atomic E-state index is -4.49. The fourth-order valence-electron chi connectivity index (χ4n) is 4.02. The van der Waals surface area contributed by atoms with Crippen LogP contribution in [0.15, 0.2) is 84.9 Å². The molecule has 10 heteroatoms. The van der Waals surface area contributed by atoms with Crippen molar-refractivity contribution in [3.63, 3.8) is 0 Å². The summed E-state index contributed by atoms with van der Waals surface area (Å²) in [7, 11) is 0. The number of benzene rings is 3. The summed E-state index contributed by atoms with van der Waals surface area (Å²) in [5.74, 6) is -0.0104. The number of rotatable bonds is 7. The van der Waals surface area contributed by atoms with Gasteiger partial charge in [-0.2, -0.15) is 18.3 Å². The average Bonchev–Trinajstić information content (AvgIpc) is 3.33. The summed E-state index contributed by atoms with van der Waals surface area (Å²) < 4.78 is 40.5. The molecule has 0 saturated carbocycles. The molecule has 0 aliphatic carbocycles. The summed E-state index contributed by atoms with van der Waals surface area (Å²) in [5.41, 5.74) is 2.47. The number of nitrogens with zero attached hydrogens (tertiary/aromatic N) is 3. The number of anilines is 2. The largest absolute Gasteiger partial charge is 0.416 e. The highest BCUT2D eigenvalue weighted by Gasteiger charge is 2.30. The maximum atomic E-state index is 13.3. The first-order valence-corrected chi connectivity index (χ1v) is 13.0. The predicted molar refractivity (Wildman–Crippen MR) is 153 cm³/mol. The third kappa shape index (κ3) is 7.75. The fraction of sp³-hybridized carbons (Fsp3) is 0.258. The van der Waals surface area contributed by atoms with Crippen LogP contribution in [0, 0.1) is 6.92 Å². The molecule has 1 heterocycles. The average molecular weight is 564 g/mol. The molecule has 4 aromatic rings. The molecule has 0 spiro atoms. The molecule has 41 heavy (non-hydrogen) atoms. The Morgan fingerprint density at radius 1 is 0.878 bits per heavy atom. The van der Waals surface area contributed by atoms with Gasteiger partial charge in [0.1, 0.15) is 12.4 Å². The van der Waals surface area contributed by atoms with E-state index in [9.17, 15) is 22.8 Å². The van der Waals surface area contributed by atoms with E-state index in [0.717, 1.165) is 34.6 Å². The van der Waals surface area contributed by atoms with Crippen LogP contribution in [0.3, 0.4) is 0 Å². The summed E-state index contributed by atoms with van der Waals surface area (Å²) in [6.45, 7) is 7.83. The second kappa shape index (κ2) is 11.9. The van der Waals surface area contributed by atoms with Gasteiger partial charge in [-0.3, -0.25) is 4.79 Å². The minimum absolute atomic E-state index is 0.102. The van der Waals surface area contributed by atoms with Crippen LogP contribution in [0.4, 0.5) is 29.5 Å². The van der Waals surface area contributed by atoms with Crippen LogP contribution in [-0.4, -0.2) is 33.2 Å². The van der Waals surface area contributed by atoms with Gasteiger partial charge in [-0.1, -0.05) is 68.8 Å². The lowest BCUT2D eigenvalue weighted by atomic mass is 9.92. The van der Waals surface area contributed by atoms with Gasteiger partial charge in [0, 0.05) is 23.7 Å².